The van der Waals surface area contributed by atoms with Crippen molar-refractivity contribution in [2.24, 2.45) is 0 Å². The van der Waals surface area contributed by atoms with Crippen LogP contribution < -0.4 is 0 Å². The molecular weight excluding hydrogens is 588 g/mol. The van der Waals surface area contributed by atoms with Crippen LogP contribution in [0.2, 0.25) is 0 Å². The van der Waals surface area contributed by atoms with Gasteiger partial charge in [-0.1, -0.05) is 120 Å². The molecule has 0 aliphatic rings. The predicted octanol–water partition coefficient (Wildman–Crippen LogP) is 11.4. The third-order valence-corrected chi connectivity index (χ3v) is 7.48. The third-order valence-electron chi connectivity index (χ3n) is 7.48. The number of ether oxygens (including phenoxy) is 3. The molecule has 268 valence electrons. The second-order valence-electron chi connectivity index (χ2n) is 12.1. The number of esters is 3. The van der Waals surface area contributed by atoms with Crippen molar-refractivity contribution < 1.29 is 28.6 Å². The topological polar surface area (TPSA) is 78.9 Å². The molecule has 1 atom stereocenters. The summed E-state index contributed by atoms with van der Waals surface area (Å²) in [6.07, 6.45) is 40.9. The molecule has 0 aromatic heterocycles. The molecule has 6 nitrogen and oxygen atoms in total. The maximum atomic E-state index is 12.5. The monoisotopic (exact) mass is 657 g/mol. The fraction of sp³-hybridized carbons (Fsp3) is 0.683. The lowest BCUT2D eigenvalue weighted by molar-refractivity contribution is -0.166. The molecule has 0 fully saturated rings. The van der Waals surface area contributed by atoms with Crippen LogP contribution in [0.25, 0.3) is 0 Å². The first-order chi connectivity index (χ1) is 23.0. The van der Waals surface area contributed by atoms with Gasteiger partial charge in [0, 0.05) is 19.3 Å². The summed E-state index contributed by atoms with van der Waals surface area (Å²) in [5.74, 6) is -1.06. The van der Waals surface area contributed by atoms with E-state index in [1.807, 2.05) is 0 Å². The Balaban J connectivity index is 4.54. The molecule has 0 saturated carbocycles. The van der Waals surface area contributed by atoms with Crippen LogP contribution in [-0.4, -0.2) is 37.2 Å². The Labute approximate surface area is 288 Å². The van der Waals surface area contributed by atoms with Crippen LogP contribution in [0.1, 0.15) is 162 Å². The van der Waals surface area contributed by atoms with Gasteiger partial charge in [-0.25, -0.2) is 0 Å². The highest BCUT2D eigenvalue weighted by molar-refractivity contribution is 5.71. The molecule has 0 rings (SSSR count). The highest BCUT2D eigenvalue weighted by atomic mass is 16.6. The third kappa shape index (κ3) is 34.3. The molecule has 47 heavy (non-hydrogen) atoms. The van der Waals surface area contributed by atoms with E-state index < -0.39 is 6.10 Å². The minimum absolute atomic E-state index is 0.118. The van der Waals surface area contributed by atoms with Crippen LogP contribution >= 0.6 is 0 Å². The molecule has 0 N–H and O–H groups in total. The van der Waals surface area contributed by atoms with Gasteiger partial charge in [-0.15, -0.1) is 0 Å². The number of hydrogen-bond donors (Lipinski definition) is 0. The summed E-state index contributed by atoms with van der Waals surface area (Å²) >= 11 is 0. The number of rotatable bonds is 32. The smallest absolute Gasteiger partial charge is 0.306 e. The van der Waals surface area contributed by atoms with Gasteiger partial charge in [0.05, 0.1) is 0 Å². The van der Waals surface area contributed by atoms with Crippen LogP contribution in [0.4, 0.5) is 0 Å². The lowest BCUT2D eigenvalue weighted by Gasteiger charge is -2.18. The maximum Gasteiger partial charge on any atom is 0.306 e. The van der Waals surface area contributed by atoms with Gasteiger partial charge in [0.15, 0.2) is 6.10 Å². The molecule has 0 aliphatic heterocycles. The Morgan fingerprint density at radius 3 is 1.28 bits per heavy atom. The van der Waals surface area contributed by atoms with Gasteiger partial charge < -0.3 is 14.2 Å². The molecule has 6 heteroatoms. The van der Waals surface area contributed by atoms with Gasteiger partial charge in [-0.2, -0.15) is 0 Å². The summed E-state index contributed by atoms with van der Waals surface area (Å²) in [6.45, 7) is 6.30. The Kier molecular flexibility index (Phi) is 33.7. The number of allylic oxidation sites excluding steroid dienone is 10. The van der Waals surface area contributed by atoms with Gasteiger partial charge in [-0.3, -0.25) is 14.4 Å². The molecule has 0 heterocycles. The van der Waals surface area contributed by atoms with Gasteiger partial charge in [0.25, 0.3) is 0 Å². The summed E-state index contributed by atoms with van der Waals surface area (Å²) in [7, 11) is 0. The van der Waals surface area contributed by atoms with Crippen molar-refractivity contribution >= 4 is 17.9 Å². The fourth-order valence-corrected chi connectivity index (χ4v) is 4.65. The first-order valence-corrected chi connectivity index (χ1v) is 18.8. The zero-order valence-corrected chi connectivity index (χ0v) is 30.3. The Morgan fingerprint density at radius 1 is 0.447 bits per heavy atom. The van der Waals surface area contributed by atoms with E-state index in [2.05, 4.69) is 81.5 Å². The summed E-state index contributed by atoms with van der Waals surface area (Å²) in [6, 6.07) is 0. The predicted molar refractivity (Wildman–Crippen MR) is 196 cm³/mol. The van der Waals surface area contributed by atoms with E-state index in [-0.39, 0.29) is 44.0 Å². The summed E-state index contributed by atoms with van der Waals surface area (Å²) in [5.41, 5.74) is 0. The van der Waals surface area contributed by atoms with Crippen molar-refractivity contribution in [3.63, 3.8) is 0 Å². The minimum atomic E-state index is -0.814. The molecule has 1 unspecified atom stereocenters. The first kappa shape index (κ1) is 44.1. The maximum absolute atomic E-state index is 12.5. The number of carbonyl (C=O) groups is 3. The molecule has 0 aliphatic carbocycles. The molecule has 0 aromatic rings. The van der Waals surface area contributed by atoms with Gasteiger partial charge in [0.1, 0.15) is 13.2 Å². The highest BCUT2D eigenvalue weighted by Crippen LogP contribution is 2.09. The van der Waals surface area contributed by atoms with Crippen LogP contribution in [0.15, 0.2) is 60.8 Å². The highest BCUT2D eigenvalue weighted by Gasteiger charge is 2.19. The first-order valence-electron chi connectivity index (χ1n) is 18.8. The zero-order chi connectivity index (χ0) is 34.5. The number of carbonyl (C=O) groups excluding carboxylic acids is 3. The second kappa shape index (κ2) is 36.0. The molecule has 0 amide bonds. The van der Waals surface area contributed by atoms with Crippen LogP contribution in [0, 0.1) is 0 Å². The van der Waals surface area contributed by atoms with Crippen molar-refractivity contribution in [1.82, 2.24) is 0 Å². The van der Waals surface area contributed by atoms with E-state index in [4.69, 9.17) is 14.2 Å². The van der Waals surface area contributed by atoms with E-state index in [0.29, 0.717) is 25.7 Å². The molecule has 0 radical (unpaired) electrons. The lowest BCUT2D eigenvalue weighted by Crippen LogP contribution is -2.30. The quantitative estimate of drug-likeness (QED) is 0.0310. The minimum Gasteiger partial charge on any atom is -0.462 e. The van der Waals surface area contributed by atoms with Crippen molar-refractivity contribution in [1.29, 1.82) is 0 Å². The zero-order valence-electron chi connectivity index (χ0n) is 30.3. The molecular formula is C41H68O6. The number of hydrogen-bond acceptors (Lipinski definition) is 6. The Morgan fingerprint density at radius 2 is 0.830 bits per heavy atom. The lowest BCUT2D eigenvalue weighted by atomic mass is 10.1. The van der Waals surface area contributed by atoms with E-state index >= 15 is 0 Å². The largest absolute Gasteiger partial charge is 0.462 e. The van der Waals surface area contributed by atoms with E-state index in [0.717, 1.165) is 51.4 Å². The number of unbranched alkanes of at least 4 members (excludes halogenated alkanes) is 11. The molecule has 0 spiro atoms. The molecule has 0 aromatic carbocycles. The van der Waals surface area contributed by atoms with Crippen LogP contribution in [0.3, 0.4) is 0 Å². The SMILES string of the molecule is CC/C=C\C/C=C\C/C=C\CCCC(=O)OCC(COC(=O)CCC/C=C\CCCCCC)OC(=O)CCC/C=C\CCCCCC. The van der Waals surface area contributed by atoms with Crippen LogP contribution in [-0.2, 0) is 28.6 Å². The standard InChI is InChI=1S/C41H68O6/c1-4-7-10-13-16-19-20-23-25-28-31-34-40(43)46-37-38(47-41(44)35-32-29-26-22-18-15-12-9-6-3)36-45-39(42)33-30-27-24-21-17-14-11-8-5-2/h7,10,16,19,21-26,38H,4-6,8-9,11-15,17-18,20,27-37H2,1-3H3/b10-7-,19-16-,24-21-,25-23-,26-22-. The van der Waals surface area contributed by atoms with E-state index in [1.165, 1.54) is 51.4 Å². The van der Waals surface area contributed by atoms with E-state index in [9.17, 15) is 14.4 Å². The average Bonchev–Trinajstić information content (AvgIpc) is 3.06. The van der Waals surface area contributed by atoms with Crippen molar-refractivity contribution in [2.75, 3.05) is 13.2 Å². The summed E-state index contributed by atoms with van der Waals surface area (Å²) in [4.78, 5) is 37.2. The van der Waals surface area contributed by atoms with Crippen molar-refractivity contribution in [2.45, 2.75) is 168 Å². The fourth-order valence-electron chi connectivity index (χ4n) is 4.65. The van der Waals surface area contributed by atoms with Gasteiger partial charge in [0.2, 0.25) is 0 Å². The van der Waals surface area contributed by atoms with Gasteiger partial charge >= 0.3 is 17.9 Å². The normalized spacial score (nSPS) is 12.7. The second-order valence-corrected chi connectivity index (χ2v) is 12.1. The average molecular weight is 657 g/mol. The molecule has 0 saturated heterocycles. The molecule has 0 bridgehead atoms. The Bertz CT molecular complexity index is 898. The van der Waals surface area contributed by atoms with Gasteiger partial charge in [-0.05, 0) is 83.5 Å². The summed E-state index contributed by atoms with van der Waals surface area (Å²) < 4.78 is 16.4. The van der Waals surface area contributed by atoms with E-state index in [1.54, 1.807) is 0 Å². The van der Waals surface area contributed by atoms with Crippen molar-refractivity contribution in [3.8, 4) is 0 Å². The summed E-state index contributed by atoms with van der Waals surface area (Å²) in [5, 5.41) is 0. The Hall–Kier alpha value is -2.89. The van der Waals surface area contributed by atoms with Crippen LogP contribution in [0.5, 0.6) is 0 Å². The van der Waals surface area contributed by atoms with Crippen molar-refractivity contribution in [3.05, 3.63) is 60.8 Å².